The lowest BCUT2D eigenvalue weighted by Gasteiger charge is -2.21. The summed E-state index contributed by atoms with van der Waals surface area (Å²) in [5.41, 5.74) is 1.67. The van der Waals surface area contributed by atoms with Crippen molar-refractivity contribution in [1.29, 1.82) is 0 Å². The van der Waals surface area contributed by atoms with Gasteiger partial charge in [-0.2, -0.15) is 0 Å². The standard InChI is InChI=1S/C18H19NO3/c1-2-19(12-15-6-4-3-5-7-15)18(21)14-22-17-10-8-16(13-20)9-11-17/h3-11,13H,2,12,14H2,1H3. The van der Waals surface area contributed by atoms with Gasteiger partial charge in [0.05, 0.1) is 0 Å². The normalized spacial score (nSPS) is 10.0. The minimum Gasteiger partial charge on any atom is -0.484 e. The Kier molecular flexibility index (Phi) is 5.72. The molecule has 0 radical (unpaired) electrons. The summed E-state index contributed by atoms with van der Waals surface area (Å²) in [6.07, 6.45) is 0.771. The highest BCUT2D eigenvalue weighted by Crippen LogP contribution is 2.12. The van der Waals surface area contributed by atoms with E-state index in [2.05, 4.69) is 0 Å². The minimum absolute atomic E-state index is 0.0128. The fourth-order valence-electron chi connectivity index (χ4n) is 2.06. The molecule has 0 N–H and O–H groups in total. The molecular formula is C18H19NO3. The fraction of sp³-hybridized carbons (Fsp3) is 0.222. The number of ether oxygens (including phenoxy) is 1. The number of nitrogens with zero attached hydrogens (tertiary/aromatic N) is 1. The van der Waals surface area contributed by atoms with E-state index in [4.69, 9.17) is 4.74 Å². The molecule has 0 atom stereocenters. The first kappa shape index (κ1) is 15.8. The highest BCUT2D eigenvalue weighted by atomic mass is 16.5. The minimum atomic E-state index is -0.0641. The molecule has 0 aromatic heterocycles. The monoisotopic (exact) mass is 297 g/mol. The van der Waals surface area contributed by atoms with Crippen LogP contribution in [0.4, 0.5) is 0 Å². The van der Waals surface area contributed by atoms with Crippen molar-refractivity contribution in [3.8, 4) is 5.75 Å². The molecule has 4 nitrogen and oxygen atoms in total. The van der Waals surface area contributed by atoms with Crippen LogP contribution in [0.1, 0.15) is 22.8 Å². The van der Waals surface area contributed by atoms with Crippen molar-refractivity contribution in [2.45, 2.75) is 13.5 Å². The molecule has 0 bridgehead atoms. The molecule has 0 unspecified atom stereocenters. The van der Waals surface area contributed by atoms with Gasteiger partial charge in [-0.25, -0.2) is 0 Å². The Balaban J connectivity index is 1.90. The summed E-state index contributed by atoms with van der Waals surface area (Å²) in [6, 6.07) is 16.5. The van der Waals surface area contributed by atoms with E-state index in [0.717, 1.165) is 11.8 Å². The van der Waals surface area contributed by atoms with E-state index in [-0.39, 0.29) is 12.5 Å². The molecule has 0 aliphatic heterocycles. The molecular weight excluding hydrogens is 278 g/mol. The number of hydrogen-bond donors (Lipinski definition) is 0. The zero-order chi connectivity index (χ0) is 15.8. The SMILES string of the molecule is CCN(Cc1ccccc1)C(=O)COc1ccc(C=O)cc1. The van der Waals surface area contributed by atoms with Gasteiger partial charge in [0.25, 0.3) is 5.91 Å². The Labute approximate surface area is 130 Å². The molecule has 0 fully saturated rings. The molecule has 0 saturated carbocycles. The van der Waals surface area contributed by atoms with Crippen LogP contribution in [0.3, 0.4) is 0 Å². The van der Waals surface area contributed by atoms with Crippen LogP contribution in [0.5, 0.6) is 5.75 Å². The first-order valence-corrected chi connectivity index (χ1v) is 7.22. The lowest BCUT2D eigenvalue weighted by Crippen LogP contribution is -2.34. The molecule has 2 rings (SSSR count). The molecule has 0 aliphatic rings. The Hall–Kier alpha value is -2.62. The van der Waals surface area contributed by atoms with Crippen LogP contribution in [-0.4, -0.2) is 30.2 Å². The largest absolute Gasteiger partial charge is 0.484 e. The number of likely N-dealkylation sites (N-methyl/N-ethyl adjacent to an activating group) is 1. The average molecular weight is 297 g/mol. The van der Waals surface area contributed by atoms with Gasteiger partial charge in [-0.15, -0.1) is 0 Å². The molecule has 22 heavy (non-hydrogen) atoms. The predicted octanol–water partition coefficient (Wildman–Crippen LogP) is 2.93. The van der Waals surface area contributed by atoms with Crippen molar-refractivity contribution in [3.63, 3.8) is 0 Å². The molecule has 4 heteroatoms. The van der Waals surface area contributed by atoms with E-state index in [9.17, 15) is 9.59 Å². The van der Waals surface area contributed by atoms with E-state index >= 15 is 0 Å². The topological polar surface area (TPSA) is 46.6 Å². The van der Waals surface area contributed by atoms with Crippen LogP contribution in [0.15, 0.2) is 54.6 Å². The van der Waals surface area contributed by atoms with Crippen LogP contribution >= 0.6 is 0 Å². The number of hydrogen-bond acceptors (Lipinski definition) is 3. The number of aldehydes is 1. The van der Waals surface area contributed by atoms with Crippen molar-refractivity contribution in [2.75, 3.05) is 13.2 Å². The van der Waals surface area contributed by atoms with Gasteiger partial charge in [0.2, 0.25) is 0 Å². The highest BCUT2D eigenvalue weighted by Gasteiger charge is 2.12. The van der Waals surface area contributed by atoms with Crippen LogP contribution in [0, 0.1) is 0 Å². The van der Waals surface area contributed by atoms with Gasteiger partial charge in [0, 0.05) is 18.7 Å². The van der Waals surface area contributed by atoms with Gasteiger partial charge in [-0.05, 0) is 36.8 Å². The molecule has 2 aromatic carbocycles. The third kappa shape index (κ3) is 4.45. The summed E-state index contributed by atoms with van der Waals surface area (Å²) in [4.78, 5) is 24.5. The second-order valence-corrected chi connectivity index (χ2v) is 4.87. The van der Waals surface area contributed by atoms with Gasteiger partial charge < -0.3 is 9.64 Å². The van der Waals surface area contributed by atoms with E-state index in [1.54, 1.807) is 29.2 Å². The van der Waals surface area contributed by atoms with Crippen molar-refractivity contribution in [2.24, 2.45) is 0 Å². The number of benzene rings is 2. The van der Waals surface area contributed by atoms with Crippen LogP contribution < -0.4 is 4.74 Å². The van der Waals surface area contributed by atoms with Crippen molar-refractivity contribution in [3.05, 3.63) is 65.7 Å². The number of carbonyl (C=O) groups is 2. The number of amides is 1. The molecule has 114 valence electrons. The van der Waals surface area contributed by atoms with Crippen LogP contribution in [0.2, 0.25) is 0 Å². The smallest absolute Gasteiger partial charge is 0.260 e. The molecule has 1 amide bonds. The lowest BCUT2D eigenvalue weighted by molar-refractivity contribution is -0.133. The van der Waals surface area contributed by atoms with E-state index in [1.807, 2.05) is 37.3 Å². The first-order valence-electron chi connectivity index (χ1n) is 7.22. The average Bonchev–Trinajstić information content (AvgIpc) is 2.59. The molecule has 0 aliphatic carbocycles. The molecule has 2 aromatic rings. The maximum atomic E-state index is 12.2. The van der Waals surface area contributed by atoms with Crippen LogP contribution in [-0.2, 0) is 11.3 Å². The Morgan fingerprint density at radius 1 is 1.09 bits per heavy atom. The first-order chi connectivity index (χ1) is 10.7. The third-order valence-electron chi connectivity index (χ3n) is 3.33. The number of carbonyl (C=O) groups excluding carboxylic acids is 2. The van der Waals surface area contributed by atoms with Crippen molar-refractivity contribution >= 4 is 12.2 Å². The van der Waals surface area contributed by atoms with Gasteiger partial charge in [0.1, 0.15) is 12.0 Å². The van der Waals surface area contributed by atoms with Crippen molar-refractivity contribution < 1.29 is 14.3 Å². The predicted molar refractivity (Wildman–Crippen MR) is 84.9 cm³/mol. The Bertz CT molecular complexity index is 608. The van der Waals surface area contributed by atoms with Crippen LogP contribution in [0.25, 0.3) is 0 Å². The summed E-state index contributed by atoms with van der Waals surface area (Å²) in [7, 11) is 0. The van der Waals surface area contributed by atoms with Gasteiger partial charge in [0.15, 0.2) is 6.61 Å². The Morgan fingerprint density at radius 2 is 1.77 bits per heavy atom. The number of rotatable bonds is 7. The van der Waals surface area contributed by atoms with Gasteiger partial charge in [-0.3, -0.25) is 9.59 Å². The Morgan fingerprint density at radius 3 is 2.36 bits per heavy atom. The van der Waals surface area contributed by atoms with Crippen molar-refractivity contribution in [1.82, 2.24) is 4.90 Å². The van der Waals surface area contributed by atoms with E-state index in [0.29, 0.717) is 24.4 Å². The highest BCUT2D eigenvalue weighted by molar-refractivity contribution is 5.78. The van der Waals surface area contributed by atoms with Gasteiger partial charge >= 0.3 is 0 Å². The summed E-state index contributed by atoms with van der Waals surface area (Å²) in [5.74, 6) is 0.514. The lowest BCUT2D eigenvalue weighted by atomic mass is 10.2. The second-order valence-electron chi connectivity index (χ2n) is 4.87. The van der Waals surface area contributed by atoms with Gasteiger partial charge in [-0.1, -0.05) is 30.3 Å². The maximum absolute atomic E-state index is 12.2. The molecule has 0 spiro atoms. The van der Waals surface area contributed by atoms with E-state index in [1.165, 1.54) is 0 Å². The summed E-state index contributed by atoms with van der Waals surface area (Å²) in [5, 5.41) is 0. The third-order valence-corrected chi connectivity index (χ3v) is 3.33. The fourth-order valence-corrected chi connectivity index (χ4v) is 2.06. The summed E-state index contributed by atoms with van der Waals surface area (Å²) >= 11 is 0. The quantitative estimate of drug-likeness (QED) is 0.738. The zero-order valence-electron chi connectivity index (χ0n) is 12.6. The maximum Gasteiger partial charge on any atom is 0.260 e. The molecule has 0 saturated heterocycles. The molecule has 0 heterocycles. The summed E-state index contributed by atoms with van der Waals surface area (Å²) < 4.78 is 5.48. The second kappa shape index (κ2) is 7.98. The van der Waals surface area contributed by atoms with E-state index < -0.39 is 0 Å². The zero-order valence-corrected chi connectivity index (χ0v) is 12.6. The summed E-state index contributed by atoms with van der Waals surface area (Å²) in [6.45, 7) is 3.13.